The molecule has 31 heavy (non-hydrogen) atoms. The number of aromatic nitrogens is 1. The van der Waals surface area contributed by atoms with Crippen LogP contribution in [0.3, 0.4) is 0 Å². The molecule has 1 aliphatic carbocycles. The Morgan fingerprint density at radius 3 is 2.23 bits per heavy atom. The molecule has 0 unspecified atom stereocenters. The van der Waals surface area contributed by atoms with E-state index in [-0.39, 0.29) is 18.0 Å². The van der Waals surface area contributed by atoms with Gasteiger partial charge >= 0.3 is 11.9 Å². The summed E-state index contributed by atoms with van der Waals surface area (Å²) in [5, 5.41) is 0. The van der Waals surface area contributed by atoms with Crippen molar-refractivity contribution in [2.45, 2.75) is 71.1 Å². The fourth-order valence-corrected chi connectivity index (χ4v) is 4.30. The number of esters is 2. The Morgan fingerprint density at radius 1 is 0.903 bits per heavy atom. The average Bonchev–Trinajstić information content (AvgIpc) is 2.80. The van der Waals surface area contributed by atoms with Crippen LogP contribution >= 0.6 is 0 Å². The summed E-state index contributed by atoms with van der Waals surface area (Å²) in [6.07, 6.45) is 10.5. The number of pyridine rings is 1. The van der Waals surface area contributed by atoms with E-state index in [2.05, 4.69) is 24.0 Å². The predicted molar refractivity (Wildman–Crippen MR) is 120 cm³/mol. The Balaban J connectivity index is 1.53. The summed E-state index contributed by atoms with van der Waals surface area (Å²) in [4.78, 5) is 28.3. The standard InChI is InChI=1S/C26H33NO4/c1-3-5-6-8-19-11-13-20(14-12-19)21-15-17-22(18-16-21)31-26(29)24-10-7-9-23(27-24)25(28)30-4-2/h7,9-10,15-20H,3-6,8,11-14H2,1-2H3. The molecule has 1 fully saturated rings. The SMILES string of the molecule is CCCCCC1CCC(c2ccc(OC(=O)c3cccc(C(=O)OCC)n3)cc2)CC1. The van der Waals surface area contributed by atoms with E-state index in [1.54, 1.807) is 13.0 Å². The Kier molecular flexibility index (Phi) is 8.63. The minimum atomic E-state index is -0.591. The zero-order valence-corrected chi connectivity index (χ0v) is 18.6. The molecule has 1 aromatic heterocycles. The van der Waals surface area contributed by atoms with Gasteiger partial charge in [-0.05, 0) is 74.3 Å². The van der Waals surface area contributed by atoms with Gasteiger partial charge in [0.15, 0.2) is 0 Å². The maximum atomic E-state index is 12.4. The van der Waals surface area contributed by atoms with Crippen LogP contribution in [-0.2, 0) is 4.74 Å². The van der Waals surface area contributed by atoms with Crippen molar-refractivity contribution in [3.05, 3.63) is 59.4 Å². The molecule has 0 bridgehead atoms. The second-order valence-corrected chi connectivity index (χ2v) is 8.30. The summed E-state index contributed by atoms with van der Waals surface area (Å²) in [5.74, 6) is 0.814. The normalized spacial score (nSPS) is 18.4. The molecule has 166 valence electrons. The van der Waals surface area contributed by atoms with Crippen LogP contribution in [0.1, 0.15) is 97.7 Å². The summed E-state index contributed by atoms with van der Waals surface area (Å²) >= 11 is 0. The second-order valence-electron chi connectivity index (χ2n) is 8.30. The molecule has 0 spiro atoms. The van der Waals surface area contributed by atoms with Crippen LogP contribution in [0, 0.1) is 5.92 Å². The van der Waals surface area contributed by atoms with Crippen LogP contribution in [0.4, 0.5) is 0 Å². The van der Waals surface area contributed by atoms with E-state index in [1.807, 2.05) is 12.1 Å². The van der Waals surface area contributed by atoms with Crippen LogP contribution in [0.2, 0.25) is 0 Å². The number of nitrogens with zero attached hydrogens (tertiary/aromatic N) is 1. The van der Waals surface area contributed by atoms with Crippen LogP contribution in [0.15, 0.2) is 42.5 Å². The molecular weight excluding hydrogens is 390 g/mol. The summed E-state index contributed by atoms with van der Waals surface area (Å²) in [7, 11) is 0. The lowest BCUT2D eigenvalue weighted by Crippen LogP contribution is -2.15. The van der Waals surface area contributed by atoms with Gasteiger partial charge in [0.05, 0.1) is 6.61 Å². The molecule has 0 amide bonds. The molecule has 0 atom stereocenters. The van der Waals surface area contributed by atoms with E-state index in [0.717, 1.165) is 5.92 Å². The number of carbonyl (C=O) groups is 2. The number of ether oxygens (including phenoxy) is 2. The van der Waals surface area contributed by atoms with Crippen molar-refractivity contribution in [2.75, 3.05) is 6.61 Å². The first kappa shape index (κ1) is 23.0. The van der Waals surface area contributed by atoms with Crippen molar-refractivity contribution >= 4 is 11.9 Å². The van der Waals surface area contributed by atoms with E-state index in [4.69, 9.17) is 9.47 Å². The molecule has 1 aromatic carbocycles. The molecule has 5 nitrogen and oxygen atoms in total. The lowest BCUT2D eigenvalue weighted by atomic mass is 9.77. The highest BCUT2D eigenvalue weighted by Crippen LogP contribution is 2.38. The Labute approximate surface area is 185 Å². The molecular formula is C26H33NO4. The first-order chi connectivity index (χ1) is 15.1. The van der Waals surface area contributed by atoms with E-state index < -0.39 is 11.9 Å². The van der Waals surface area contributed by atoms with Gasteiger partial charge in [0.25, 0.3) is 0 Å². The average molecular weight is 424 g/mol. The van der Waals surface area contributed by atoms with Crippen molar-refractivity contribution in [2.24, 2.45) is 5.92 Å². The van der Waals surface area contributed by atoms with Crippen LogP contribution in [0.25, 0.3) is 0 Å². The van der Waals surface area contributed by atoms with Gasteiger partial charge in [-0.25, -0.2) is 14.6 Å². The van der Waals surface area contributed by atoms with Crippen LogP contribution < -0.4 is 4.74 Å². The molecule has 1 aliphatic rings. The number of benzene rings is 1. The smallest absolute Gasteiger partial charge is 0.362 e. The highest BCUT2D eigenvalue weighted by atomic mass is 16.5. The minimum Gasteiger partial charge on any atom is -0.461 e. The number of unbranched alkanes of at least 4 members (excludes halogenated alkanes) is 2. The van der Waals surface area contributed by atoms with Crippen molar-refractivity contribution in [1.82, 2.24) is 4.98 Å². The molecule has 5 heteroatoms. The maximum Gasteiger partial charge on any atom is 0.362 e. The van der Waals surface area contributed by atoms with E-state index in [0.29, 0.717) is 11.7 Å². The Morgan fingerprint density at radius 2 is 1.58 bits per heavy atom. The van der Waals surface area contributed by atoms with Gasteiger partial charge in [-0.3, -0.25) is 0 Å². The summed E-state index contributed by atoms with van der Waals surface area (Å²) in [6, 6.07) is 12.4. The molecule has 3 rings (SSSR count). The molecule has 0 aliphatic heterocycles. The van der Waals surface area contributed by atoms with Gasteiger partial charge in [-0.15, -0.1) is 0 Å². The molecule has 1 saturated carbocycles. The third-order valence-electron chi connectivity index (χ3n) is 6.07. The van der Waals surface area contributed by atoms with Gasteiger partial charge in [0.2, 0.25) is 0 Å². The summed E-state index contributed by atoms with van der Waals surface area (Å²) < 4.78 is 10.4. The van der Waals surface area contributed by atoms with E-state index in [1.165, 1.54) is 69.1 Å². The Bertz CT molecular complexity index is 854. The third kappa shape index (κ3) is 6.65. The van der Waals surface area contributed by atoms with Crippen LogP contribution in [0.5, 0.6) is 5.75 Å². The van der Waals surface area contributed by atoms with Gasteiger partial charge in [0.1, 0.15) is 17.1 Å². The number of rotatable bonds is 9. The zero-order valence-electron chi connectivity index (χ0n) is 18.6. The first-order valence-corrected chi connectivity index (χ1v) is 11.6. The highest BCUT2D eigenvalue weighted by Gasteiger charge is 2.22. The molecule has 1 heterocycles. The number of hydrogen-bond donors (Lipinski definition) is 0. The topological polar surface area (TPSA) is 65.5 Å². The van der Waals surface area contributed by atoms with E-state index in [9.17, 15) is 9.59 Å². The lowest BCUT2D eigenvalue weighted by Gasteiger charge is -2.29. The number of carbonyl (C=O) groups excluding carboxylic acids is 2. The van der Waals surface area contributed by atoms with Gasteiger partial charge in [-0.2, -0.15) is 0 Å². The van der Waals surface area contributed by atoms with E-state index >= 15 is 0 Å². The monoisotopic (exact) mass is 423 g/mol. The summed E-state index contributed by atoms with van der Waals surface area (Å²) in [5.41, 5.74) is 1.49. The van der Waals surface area contributed by atoms with Gasteiger partial charge in [-0.1, -0.05) is 50.8 Å². The quantitative estimate of drug-likeness (QED) is 0.268. The molecule has 0 radical (unpaired) electrons. The first-order valence-electron chi connectivity index (χ1n) is 11.6. The molecule has 0 saturated heterocycles. The van der Waals surface area contributed by atoms with Gasteiger partial charge in [0, 0.05) is 0 Å². The zero-order chi connectivity index (χ0) is 22.1. The van der Waals surface area contributed by atoms with Crippen molar-refractivity contribution in [3.8, 4) is 5.75 Å². The summed E-state index contributed by atoms with van der Waals surface area (Å²) in [6.45, 7) is 4.23. The molecule has 2 aromatic rings. The second kappa shape index (κ2) is 11.6. The predicted octanol–water partition coefficient (Wildman–Crippen LogP) is 6.33. The fourth-order valence-electron chi connectivity index (χ4n) is 4.30. The Hall–Kier alpha value is -2.69. The number of hydrogen-bond acceptors (Lipinski definition) is 5. The van der Waals surface area contributed by atoms with Crippen molar-refractivity contribution in [1.29, 1.82) is 0 Å². The maximum absolute atomic E-state index is 12.4. The van der Waals surface area contributed by atoms with Crippen molar-refractivity contribution in [3.63, 3.8) is 0 Å². The largest absolute Gasteiger partial charge is 0.461 e. The third-order valence-corrected chi connectivity index (χ3v) is 6.07. The van der Waals surface area contributed by atoms with Gasteiger partial charge < -0.3 is 9.47 Å². The highest BCUT2D eigenvalue weighted by molar-refractivity contribution is 5.92. The lowest BCUT2D eigenvalue weighted by molar-refractivity contribution is 0.0519. The van der Waals surface area contributed by atoms with Crippen LogP contribution in [-0.4, -0.2) is 23.5 Å². The molecule has 0 N–H and O–H groups in total. The minimum absolute atomic E-state index is 0.0797. The van der Waals surface area contributed by atoms with Crippen molar-refractivity contribution < 1.29 is 19.1 Å². The fraction of sp³-hybridized carbons (Fsp3) is 0.500.